The van der Waals surface area contributed by atoms with Gasteiger partial charge in [-0.3, -0.25) is 4.79 Å². The molecular weight excluding hydrogens is 232 g/mol. The highest BCUT2D eigenvalue weighted by molar-refractivity contribution is 7.80. The summed E-state index contributed by atoms with van der Waals surface area (Å²) >= 11 is 4.70. The number of nitrogens with two attached hydrogens (primary N) is 1. The Bertz CT molecular complexity index is 580. The molecule has 3 N–H and O–H groups in total. The molecule has 0 aliphatic carbocycles. The standard InChI is InChI=1S/C13H12N2OS/c14-12(17)8-15-13(16)11-6-5-9-3-1-2-4-10(9)7-11/h1-7H,8H2,(H2,14,17)(H,15,16). The molecule has 0 bridgehead atoms. The summed E-state index contributed by atoms with van der Waals surface area (Å²) in [6.45, 7) is 0.223. The van der Waals surface area contributed by atoms with E-state index in [2.05, 4.69) is 5.32 Å². The van der Waals surface area contributed by atoms with Crippen LogP contribution in [0.4, 0.5) is 0 Å². The van der Waals surface area contributed by atoms with Crippen molar-refractivity contribution < 1.29 is 4.79 Å². The fourth-order valence-corrected chi connectivity index (χ4v) is 1.67. The minimum atomic E-state index is -0.163. The van der Waals surface area contributed by atoms with Gasteiger partial charge in [0.1, 0.15) is 0 Å². The van der Waals surface area contributed by atoms with Gasteiger partial charge in [-0.2, -0.15) is 0 Å². The van der Waals surface area contributed by atoms with Gasteiger partial charge in [-0.1, -0.05) is 42.5 Å². The monoisotopic (exact) mass is 244 g/mol. The average Bonchev–Trinajstić information content (AvgIpc) is 2.35. The van der Waals surface area contributed by atoms with Crippen molar-refractivity contribution in [3.8, 4) is 0 Å². The summed E-state index contributed by atoms with van der Waals surface area (Å²) in [7, 11) is 0. The van der Waals surface area contributed by atoms with Crippen molar-refractivity contribution in [2.24, 2.45) is 5.73 Å². The molecule has 0 aliphatic heterocycles. The lowest BCUT2D eigenvalue weighted by atomic mass is 10.1. The summed E-state index contributed by atoms with van der Waals surface area (Å²) in [4.78, 5) is 12.0. The first kappa shape index (κ1) is 11.5. The highest BCUT2D eigenvalue weighted by Gasteiger charge is 2.05. The molecule has 17 heavy (non-hydrogen) atoms. The second-order valence-electron chi connectivity index (χ2n) is 3.71. The highest BCUT2D eigenvalue weighted by atomic mass is 32.1. The first-order valence-corrected chi connectivity index (χ1v) is 5.63. The second-order valence-corrected chi connectivity index (χ2v) is 4.24. The third kappa shape index (κ3) is 2.79. The molecule has 2 aromatic rings. The minimum absolute atomic E-state index is 0.163. The van der Waals surface area contributed by atoms with Crippen molar-refractivity contribution >= 4 is 33.9 Å². The van der Waals surface area contributed by atoms with Crippen molar-refractivity contribution in [2.75, 3.05) is 6.54 Å². The molecule has 0 saturated carbocycles. The van der Waals surface area contributed by atoms with Crippen LogP contribution in [0.5, 0.6) is 0 Å². The van der Waals surface area contributed by atoms with Crippen molar-refractivity contribution in [2.45, 2.75) is 0 Å². The summed E-state index contributed by atoms with van der Waals surface area (Å²) in [5.41, 5.74) is 5.94. The molecule has 0 atom stereocenters. The molecule has 0 spiro atoms. The third-order valence-corrected chi connectivity index (χ3v) is 2.58. The zero-order chi connectivity index (χ0) is 12.3. The van der Waals surface area contributed by atoms with Crippen LogP contribution in [0.1, 0.15) is 10.4 Å². The Kier molecular flexibility index (Phi) is 3.35. The smallest absolute Gasteiger partial charge is 0.251 e. The third-order valence-electron chi connectivity index (χ3n) is 2.43. The first-order chi connectivity index (χ1) is 8.16. The Morgan fingerprint density at radius 1 is 1.18 bits per heavy atom. The molecule has 0 aromatic heterocycles. The molecule has 2 aromatic carbocycles. The van der Waals surface area contributed by atoms with E-state index in [0.29, 0.717) is 5.56 Å². The summed E-state index contributed by atoms with van der Waals surface area (Å²) in [6, 6.07) is 13.5. The molecule has 3 nitrogen and oxygen atoms in total. The minimum Gasteiger partial charge on any atom is -0.392 e. The van der Waals surface area contributed by atoms with E-state index in [4.69, 9.17) is 18.0 Å². The number of amides is 1. The molecule has 0 heterocycles. The normalized spacial score (nSPS) is 10.1. The zero-order valence-electron chi connectivity index (χ0n) is 9.14. The fraction of sp³-hybridized carbons (Fsp3) is 0.0769. The predicted octanol–water partition coefficient (Wildman–Crippen LogP) is 1.86. The number of thiocarbonyl (C=S) groups is 1. The van der Waals surface area contributed by atoms with E-state index in [1.807, 2.05) is 36.4 Å². The maximum atomic E-state index is 11.8. The van der Waals surface area contributed by atoms with Gasteiger partial charge in [-0.25, -0.2) is 0 Å². The van der Waals surface area contributed by atoms with Crippen LogP contribution in [-0.4, -0.2) is 17.4 Å². The predicted molar refractivity (Wildman–Crippen MR) is 73.1 cm³/mol. The van der Waals surface area contributed by atoms with Crippen LogP contribution in [0.2, 0.25) is 0 Å². The number of hydrogen-bond acceptors (Lipinski definition) is 2. The van der Waals surface area contributed by atoms with Crippen molar-refractivity contribution in [3.05, 3.63) is 48.0 Å². The second kappa shape index (κ2) is 4.93. The van der Waals surface area contributed by atoms with Crippen LogP contribution in [0.25, 0.3) is 10.8 Å². The highest BCUT2D eigenvalue weighted by Crippen LogP contribution is 2.15. The Morgan fingerprint density at radius 2 is 1.88 bits per heavy atom. The van der Waals surface area contributed by atoms with E-state index in [9.17, 15) is 4.79 Å². The molecule has 4 heteroatoms. The molecule has 86 valence electrons. The molecule has 0 fully saturated rings. The molecule has 0 saturated heterocycles. The van der Waals surface area contributed by atoms with Crippen LogP contribution >= 0.6 is 12.2 Å². The van der Waals surface area contributed by atoms with Crippen LogP contribution in [0.15, 0.2) is 42.5 Å². The van der Waals surface area contributed by atoms with Crippen molar-refractivity contribution in [1.29, 1.82) is 0 Å². The van der Waals surface area contributed by atoms with Gasteiger partial charge in [0.15, 0.2) is 0 Å². The molecule has 0 aliphatic rings. The summed E-state index contributed by atoms with van der Waals surface area (Å²) < 4.78 is 0. The molecule has 1 amide bonds. The molecule has 0 radical (unpaired) electrons. The first-order valence-electron chi connectivity index (χ1n) is 5.22. The topological polar surface area (TPSA) is 55.1 Å². The van der Waals surface area contributed by atoms with Gasteiger partial charge in [0.25, 0.3) is 5.91 Å². The Hall–Kier alpha value is -1.94. The van der Waals surface area contributed by atoms with Crippen LogP contribution in [0.3, 0.4) is 0 Å². The molecular formula is C13H12N2OS. The van der Waals surface area contributed by atoms with Crippen LogP contribution < -0.4 is 11.1 Å². The van der Waals surface area contributed by atoms with Gasteiger partial charge in [0, 0.05) is 5.56 Å². The van der Waals surface area contributed by atoms with Gasteiger partial charge >= 0.3 is 0 Å². The van der Waals surface area contributed by atoms with E-state index in [1.165, 1.54) is 0 Å². The molecule has 0 unspecified atom stereocenters. The van der Waals surface area contributed by atoms with Gasteiger partial charge < -0.3 is 11.1 Å². The maximum Gasteiger partial charge on any atom is 0.251 e. The van der Waals surface area contributed by atoms with E-state index in [-0.39, 0.29) is 17.4 Å². The Labute approximate surface area is 105 Å². The summed E-state index contributed by atoms with van der Waals surface area (Å²) in [5, 5.41) is 4.81. The zero-order valence-corrected chi connectivity index (χ0v) is 9.96. The lowest BCUT2D eigenvalue weighted by Crippen LogP contribution is -2.32. The fourth-order valence-electron chi connectivity index (χ4n) is 1.60. The number of nitrogens with one attached hydrogen (secondary N) is 1. The van der Waals surface area contributed by atoms with Gasteiger partial charge in [-0.15, -0.1) is 0 Å². The Morgan fingerprint density at radius 3 is 2.59 bits per heavy atom. The van der Waals surface area contributed by atoms with E-state index < -0.39 is 0 Å². The summed E-state index contributed by atoms with van der Waals surface area (Å²) in [5.74, 6) is -0.163. The van der Waals surface area contributed by atoms with Crippen molar-refractivity contribution in [3.63, 3.8) is 0 Å². The quantitative estimate of drug-likeness (QED) is 0.810. The maximum absolute atomic E-state index is 11.8. The number of rotatable bonds is 3. The van der Waals surface area contributed by atoms with E-state index in [1.54, 1.807) is 6.07 Å². The van der Waals surface area contributed by atoms with Gasteiger partial charge in [0.2, 0.25) is 0 Å². The Balaban J connectivity index is 2.24. The number of carbonyl (C=O) groups excluding carboxylic acids is 1. The largest absolute Gasteiger partial charge is 0.392 e. The lowest BCUT2D eigenvalue weighted by molar-refractivity contribution is 0.0959. The number of carbonyl (C=O) groups is 1. The SMILES string of the molecule is NC(=S)CNC(=O)c1ccc2ccccc2c1. The van der Waals surface area contributed by atoms with E-state index >= 15 is 0 Å². The van der Waals surface area contributed by atoms with E-state index in [0.717, 1.165) is 10.8 Å². The number of fused-ring (bicyclic) bond motifs is 1. The average molecular weight is 244 g/mol. The number of hydrogen-bond donors (Lipinski definition) is 2. The van der Waals surface area contributed by atoms with Crippen LogP contribution in [-0.2, 0) is 0 Å². The molecule has 2 rings (SSSR count). The summed E-state index contributed by atoms with van der Waals surface area (Å²) in [6.07, 6.45) is 0. The van der Waals surface area contributed by atoms with Crippen molar-refractivity contribution in [1.82, 2.24) is 5.32 Å². The number of benzene rings is 2. The van der Waals surface area contributed by atoms with Gasteiger partial charge in [-0.05, 0) is 22.9 Å². The van der Waals surface area contributed by atoms with Crippen LogP contribution in [0, 0.1) is 0 Å². The van der Waals surface area contributed by atoms with Gasteiger partial charge in [0.05, 0.1) is 11.5 Å². The lowest BCUT2D eigenvalue weighted by Gasteiger charge is -2.05.